The molecule has 1 saturated carbocycles. The van der Waals surface area contributed by atoms with Gasteiger partial charge in [0.05, 0.1) is 0 Å². The van der Waals surface area contributed by atoms with E-state index < -0.39 is 0 Å². The van der Waals surface area contributed by atoms with E-state index in [0.29, 0.717) is 5.41 Å². The Kier molecular flexibility index (Phi) is 2.69. The van der Waals surface area contributed by atoms with E-state index in [1.165, 1.54) is 19.4 Å². The highest BCUT2D eigenvalue weighted by molar-refractivity contribution is 4.90. The quantitative estimate of drug-likeness (QED) is 0.549. The van der Waals surface area contributed by atoms with Gasteiger partial charge in [0.15, 0.2) is 0 Å². The van der Waals surface area contributed by atoms with E-state index in [4.69, 9.17) is 0 Å². The first-order valence-corrected chi connectivity index (χ1v) is 4.12. The summed E-state index contributed by atoms with van der Waals surface area (Å²) < 4.78 is 0. The first-order chi connectivity index (χ1) is 4.77. The van der Waals surface area contributed by atoms with Crippen molar-refractivity contribution >= 4 is 0 Å². The molecule has 0 saturated heterocycles. The van der Waals surface area contributed by atoms with Crippen molar-refractivity contribution in [3.05, 3.63) is 0 Å². The summed E-state index contributed by atoms with van der Waals surface area (Å²) in [5.41, 5.74) is 0.660. The molecule has 0 unspecified atom stereocenters. The third-order valence-corrected chi connectivity index (χ3v) is 2.21. The van der Waals surface area contributed by atoms with Crippen LogP contribution in [0.4, 0.5) is 0 Å². The summed E-state index contributed by atoms with van der Waals surface area (Å²) in [7, 11) is 1.99. The van der Waals surface area contributed by atoms with Crippen molar-refractivity contribution in [3.63, 3.8) is 0 Å². The summed E-state index contributed by atoms with van der Waals surface area (Å²) in [4.78, 5) is 0. The van der Waals surface area contributed by atoms with E-state index in [9.17, 15) is 0 Å². The molecule has 0 bridgehead atoms. The third kappa shape index (κ3) is 2.67. The molecule has 60 valence electrons. The second-order valence-corrected chi connectivity index (χ2v) is 3.59. The Labute approximate surface area is 63.4 Å². The molecule has 2 N–H and O–H groups in total. The zero-order valence-electron chi connectivity index (χ0n) is 7.04. The summed E-state index contributed by atoms with van der Waals surface area (Å²) in [6, 6.07) is 0. The third-order valence-electron chi connectivity index (χ3n) is 2.21. The van der Waals surface area contributed by atoms with Crippen molar-refractivity contribution in [2.45, 2.75) is 19.8 Å². The van der Waals surface area contributed by atoms with Crippen LogP contribution < -0.4 is 10.6 Å². The Bertz CT molecular complexity index is 97.4. The second-order valence-electron chi connectivity index (χ2n) is 3.59. The largest absolute Gasteiger partial charge is 0.318 e. The Hall–Kier alpha value is -0.0800. The summed E-state index contributed by atoms with van der Waals surface area (Å²) in [5.74, 6) is 0. The van der Waals surface area contributed by atoms with Gasteiger partial charge in [0.2, 0.25) is 0 Å². The number of likely N-dealkylation sites (N-methyl/N-ethyl adjacent to an activating group) is 1. The van der Waals surface area contributed by atoms with Crippen molar-refractivity contribution in [3.8, 4) is 0 Å². The Balaban J connectivity index is 1.86. The maximum atomic E-state index is 3.43. The molecule has 1 fully saturated rings. The van der Waals surface area contributed by atoms with Crippen LogP contribution in [0.5, 0.6) is 0 Å². The van der Waals surface area contributed by atoms with Crippen LogP contribution in [0.15, 0.2) is 0 Å². The molecule has 1 rings (SSSR count). The number of hydrogen-bond donors (Lipinski definition) is 2. The van der Waals surface area contributed by atoms with Gasteiger partial charge in [-0.3, -0.25) is 0 Å². The van der Waals surface area contributed by atoms with Gasteiger partial charge in [-0.05, 0) is 25.3 Å². The lowest BCUT2D eigenvalue weighted by Crippen LogP contribution is -2.29. The van der Waals surface area contributed by atoms with Crippen molar-refractivity contribution in [1.82, 2.24) is 10.6 Å². The molecular weight excluding hydrogens is 124 g/mol. The molecule has 0 aromatic heterocycles. The fraction of sp³-hybridized carbons (Fsp3) is 1.00. The van der Waals surface area contributed by atoms with Gasteiger partial charge in [-0.2, -0.15) is 0 Å². The van der Waals surface area contributed by atoms with E-state index >= 15 is 0 Å². The fourth-order valence-electron chi connectivity index (χ4n) is 0.994. The van der Waals surface area contributed by atoms with E-state index in [1.54, 1.807) is 0 Å². The molecule has 0 aliphatic heterocycles. The highest BCUT2D eigenvalue weighted by Crippen LogP contribution is 2.43. The van der Waals surface area contributed by atoms with Gasteiger partial charge in [0.1, 0.15) is 0 Å². The van der Waals surface area contributed by atoms with Gasteiger partial charge in [-0.1, -0.05) is 6.92 Å². The van der Waals surface area contributed by atoms with E-state index in [0.717, 1.165) is 13.1 Å². The van der Waals surface area contributed by atoms with Gasteiger partial charge in [0.25, 0.3) is 0 Å². The van der Waals surface area contributed by atoms with Gasteiger partial charge < -0.3 is 10.6 Å². The molecule has 0 aromatic carbocycles. The number of hydrogen-bond acceptors (Lipinski definition) is 2. The lowest BCUT2D eigenvalue weighted by atomic mass is 10.1. The first-order valence-electron chi connectivity index (χ1n) is 4.12. The predicted molar refractivity (Wildman–Crippen MR) is 44.1 cm³/mol. The highest BCUT2D eigenvalue weighted by atomic mass is 14.9. The molecule has 0 spiro atoms. The lowest BCUT2D eigenvalue weighted by molar-refractivity contribution is 0.497. The molecule has 0 atom stereocenters. The molecule has 0 aromatic rings. The van der Waals surface area contributed by atoms with Gasteiger partial charge in [-0.25, -0.2) is 0 Å². The number of nitrogens with one attached hydrogen (secondary N) is 2. The van der Waals surface area contributed by atoms with Crippen LogP contribution in [0, 0.1) is 5.41 Å². The van der Waals surface area contributed by atoms with E-state index in [-0.39, 0.29) is 0 Å². The van der Waals surface area contributed by atoms with Crippen molar-refractivity contribution in [2.75, 3.05) is 26.7 Å². The minimum absolute atomic E-state index is 0.660. The highest BCUT2D eigenvalue weighted by Gasteiger charge is 2.36. The SMILES string of the molecule is CNCCNCC1(C)CC1. The fourth-order valence-corrected chi connectivity index (χ4v) is 0.994. The molecular formula is C8H18N2. The lowest BCUT2D eigenvalue weighted by Gasteiger charge is -2.08. The van der Waals surface area contributed by atoms with Gasteiger partial charge in [-0.15, -0.1) is 0 Å². The maximum absolute atomic E-state index is 3.43. The normalized spacial score (nSPS) is 21.0. The number of rotatable bonds is 5. The second kappa shape index (κ2) is 3.35. The van der Waals surface area contributed by atoms with Gasteiger partial charge in [0, 0.05) is 19.6 Å². The standard InChI is InChI=1S/C8H18N2/c1-8(3-4-8)7-10-6-5-9-2/h9-10H,3-7H2,1-2H3. The van der Waals surface area contributed by atoms with Crippen LogP contribution in [-0.4, -0.2) is 26.7 Å². The maximum Gasteiger partial charge on any atom is 0.00768 e. The molecule has 0 radical (unpaired) electrons. The molecule has 10 heavy (non-hydrogen) atoms. The van der Waals surface area contributed by atoms with Gasteiger partial charge >= 0.3 is 0 Å². The van der Waals surface area contributed by atoms with Crippen LogP contribution >= 0.6 is 0 Å². The van der Waals surface area contributed by atoms with Crippen LogP contribution in [-0.2, 0) is 0 Å². The van der Waals surface area contributed by atoms with E-state index in [1.807, 2.05) is 7.05 Å². The summed E-state index contributed by atoms with van der Waals surface area (Å²) in [6.07, 6.45) is 2.83. The van der Waals surface area contributed by atoms with Crippen LogP contribution in [0.25, 0.3) is 0 Å². The molecule has 1 aliphatic carbocycles. The summed E-state index contributed by atoms with van der Waals surface area (Å²) >= 11 is 0. The topological polar surface area (TPSA) is 24.1 Å². The molecule has 0 heterocycles. The molecule has 0 amide bonds. The van der Waals surface area contributed by atoms with Crippen LogP contribution in [0.3, 0.4) is 0 Å². The zero-order valence-corrected chi connectivity index (χ0v) is 7.04. The Morgan fingerprint density at radius 3 is 2.50 bits per heavy atom. The molecule has 1 aliphatic rings. The molecule has 2 nitrogen and oxygen atoms in total. The zero-order chi connectivity index (χ0) is 7.45. The summed E-state index contributed by atoms with van der Waals surface area (Å²) in [5, 5.41) is 6.54. The average Bonchev–Trinajstić information content (AvgIpc) is 2.62. The predicted octanol–water partition coefficient (Wildman–Crippen LogP) is 0.595. The van der Waals surface area contributed by atoms with Crippen molar-refractivity contribution in [1.29, 1.82) is 0 Å². The van der Waals surface area contributed by atoms with Crippen LogP contribution in [0.2, 0.25) is 0 Å². The van der Waals surface area contributed by atoms with Crippen LogP contribution in [0.1, 0.15) is 19.8 Å². The Morgan fingerprint density at radius 1 is 1.30 bits per heavy atom. The van der Waals surface area contributed by atoms with Crippen molar-refractivity contribution < 1.29 is 0 Å². The Morgan fingerprint density at radius 2 is 2.00 bits per heavy atom. The minimum Gasteiger partial charge on any atom is -0.318 e. The first kappa shape index (κ1) is 8.02. The average molecular weight is 142 g/mol. The monoisotopic (exact) mass is 142 g/mol. The molecule has 2 heteroatoms. The minimum atomic E-state index is 0.660. The van der Waals surface area contributed by atoms with Crippen molar-refractivity contribution in [2.24, 2.45) is 5.41 Å². The smallest absolute Gasteiger partial charge is 0.00768 e. The summed E-state index contributed by atoms with van der Waals surface area (Å²) in [6.45, 7) is 5.73. The van der Waals surface area contributed by atoms with E-state index in [2.05, 4.69) is 17.6 Å².